The number of hydrogen-bond donors (Lipinski definition) is 2. The molecule has 0 radical (unpaired) electrons. The lowest BCUT2D eigenvalue weighted by atomic mass is 9.77. The highest BCUT2D eigenvalue weighted by Crippen LogP contribution is 2.29. The van der Waals surface area contributed by atoms with E-state index in [2.05, 4.69) is 29.5 Å². The maximum atomic E-state index is 11.9. The first-order valence-electron chi connectivity index (χ1n) is 6.97. The summed E-state index contributed by atoms with van der Waals surface area (Å²) in [4.78, 5) is 15.9. The highest BCUT2D eigenvalue weighted by atomic mass is 35.5. The van der Waals surface area contributed by atoms with Crippen LogP contribution in [0, 0.1) is 5.41 Å². The fraction of sp³-hybridized carbons (Fsp3) is 0.600. The Balaban J connectivity index is 0.00000200. The highest BCUT2D eigenvalue weighted by Gasteiger charge is 2.31. The van der Waals surface area contributed by atoms with Gasteiger partial charge in [0.1, 0.15) is 0 Å². The molecule has 2 N–H and O–H groups in total. The third-order valence-corrected chi connectivity index (χ3v) is 3.92. The van der Waals surface area contributed by atoms with Crippen LogP contribution in [0.5, 0.6) is 0 Å². The number of hydrogen-bond acceptors (Lipinski definition) is 3. The van der Waals surface area contributed by atoms with Crippen molar-refractivity contribution in [2.45, 2.75) is 39.2 Å². The van der Waals surface area contributed by atoms with E-state index in [1.807, 2.05) is 12.1 Å². The van der Waals surface area contributed by atoms with Crippen LogP contribution in [0.4, 0.5) is 0 Å². The Morgan fingerprint density at radius 1 is 1.55 bits per heavy atom. The molecule has 1 aromatic heterocycles. The van der Waals surface area contributed by atoms with E-state index in [-0.39, 0.29) is 23.7 Å². The van der Waals surface area contributed by atoms with Gasteiger partial charge in [-0.1, -0.05) is 19.9 Å². The van der Waals surface area contributed by atoms with Gasteiger partial charge in [-0.2, -0.15) is 0 Å². The van der Waals surface area contributed by atoms with Gasteiger partial charge in [0.05, 0.1) is 6.42 Å². The number of pyridine rings is 1. The van der Waals surface area contributed by atoms with Gasteiger partial charge in [0, 0.05) is 25.0 Å². The van der Waals surface area contributed by atoms with Crippen LogP contribution in [-0.2, 0) is 11.2 Å². The Morgan fingerprint density at radius 2 is 2.35 bits per heavy atom. The van der Waals surface area contributed by atoms with Crippen molar-refractivity contribution in [3.05, 3.63) is 30.1 Å². The third-order valence-electron chi connectivity index (χ3n) is 3.92. The van der Waals surface area contributed by atoms with Gasteiger partial charge in [-0.3, -0.25) is 9.78 Å². The largest absolute Gasteiger partial charge is 0.354 e. The molecule has 0 saturated carbocycles. The van der Waals surface area contributed by atoms with Crippen LogP contribution in [0.2, 0.25) is 0 Å². The summed E-state index contributed by atoms with van der Waals surface area (Å²) in [5, 5.41) is 6.53. The lowest BCUT2D eigenvalue weighted by molar-refractivity contribution is -0.120. The Hall–Kier alpha value is -1.13. The van der Waals surface area contributed by atoms with Crippen LogP contribution in [-0.4, -0.2) is 30.0 Å². The number of piperidine rings is 1. The molecule has 2 rings (SSSR count). The summed E-state index contributed by atoms with van der Waals surface area (Å²) in [5.74, 6) is 0.0659. The molecular formula is C15H24ClN3O. The second kappa shape index (κ2) is 7.60. The quantitative estimate of drug-likeness (QED) is 0.893. The third kappa shape index (κ3) is 4.76. The van der Waals surface area contributed by atoms with Crippen molar-refractivity contribution < 1.29 is 4.79 Å². The first kappa shape index (κ1) is 16.9. The number of rotatable bonds is 4. The summed E-state index contributed by atoms with van der Waals surface area (Å²) < 4.78 is 0. The number of nitrogens with zero attached hydrogens (tertiary/aromatic N) is 1. The number of carbonyl (C=O) groups excluding carboxylic acids is 1. The van der Waals surface area contributed by atoms with E-state index in [0.717, 1.165) is 12.1 Å². The minimum absolute atomic E-state index is 0. The maximum Gasteiger partial charge on any atom is 0.224 e. The Labute approximate surface area is 127 Å². The molecule has 1 fully saturated rings. The van der Waals surface area contributed by atoms with Gasteiger partial charge in [0.2, 0.25) is 5.91 Å². The number of aromatic nitrogens is 1. The molecule has 5 heteroatoms. The number of halogens is 1. The van der Waals surface area contributed by atoms with E-state index in [9.17, 15) is 4.79 Å². The van der Waals surface area contributed by atoms with Crippen LogP contribution in [0.25, 0.3) is 0 Å². The van der Waals surface area contributed by atoms with Crippen molar-refractivity contribution in [3.8, 4) is 0 Å². The first-order valence-corrected chi connectivity index (χ1v) is 6.97. The van der Waals surface area contributed by atoms with Crippen molar-refractivity contribution in [3.63, 3.8) is 0 Å². The fourth-order valence-electron chi connectivity index (χ4n) is 2.59. The first-order chi connectivity index (χ1) is 9.08. The molecule has 1 aliphatic heterocycles. The second-order valence-corrected chi connectivity index (χ2v) is 5.94. The Bertz CT molecular complexity index is 422. The van der Waals surface area contributed by atoms with Crippen LogP contribution in [0.3, 0.4) is 0 Å². The highest BCUT2D eigenvalue weighted by molar-refractivity contribution is 5.85. The van der Waals surface area contributed by atoms with E-state index in [1.165, 1.54) is 12.8 Å². The molecule has 1 aromatic rings. The van der Waals surface area contributed by atoms with Crippen LogP contribution < -0.4 is 10.6 Å². The number of nitrogens with one attached hydrogen (secondary N) is 2. The van der Waals surface area contributed by atoms with Crippen LogP contribution in [0.15, 0.2) is 24.5 Å². The minimum atomic E-state index is 0. The summed E-state index contributed by atoms with van der Waals surface area (Å²) in [7, 11) is 0. The predicted octanol–water partition coefficient (Wildman–Crippen LogP) is 1.94. The molecule has 1 aliphatic rings. The second-order valence-electron chi connectivity index (χ2n) is 5.94. The van der Waals surface area contributed by atoms with E-state index in [1.54, 1.807) is 12.4 Å². The molecule has 112 valence electrons. The topological polar surface area (TPSA) is 54.0 Å². The predicted molar refractivity (Wildman–Crippen MR) is 83.0 cm³/mol. The molecule has 2 heterocycles. The monoisotopic (exact) mass is 297 g/mol. The van der Waals surface area contributed by atoms with Gasteiger partial charge in [-0.05, 0) is 36.4 Å². The SMILES string of the molecule is CC1(C)CCCNC1CNC(=O)Cc1cccnc1.Cl. The van der Waals surface area contributed by atoms with Crippen molar-refractivity contribution in [1.29, 1.82) is 0 Å². The normalized spacial score (nSPS) is 20.8. The van der Waals surface area contributed by atoms with E-state index in [0.29, 0.717) is 19.0 Å². The summed E-state index contributed by atoms with van der Waals surface area (Å²) in [6, 6.07) is 4.14. The molecule has 0 aliphatic carbocycles. The van der Waals surface area contributed by atoms with Gasteiger partial charge in [0.15, 0.2) is 0 Å². The van der Waals surface area contributed by atoms with Crippen LogP contribution >= 0.6 is 12.4 Å². The average molecular weight is 298 g/mol. The zero-order chi connectivity index (χ0) is 13.7. The molecule has 0 aromatic carbocycles. The van der Waals surface area contributed by atoms with Gasteiger partial charge >= 0.3 is 0 Å². The van der Waals surface area contributed by atoms with Crippen molar-refractivity contribution in [1.82, 2.24) is 15.6 Å². The molecule has 0 bridgehead atoms. The fourth-order valence-corrected chi connectivity index (χ4v) is 2.59. The molecule has 1 atom stereocenters. The molecule has 4 nitrogen and oxygen atoms in total. The molecule has 1 saturated heterocycles. The maximum absolute atomic E-state index is 11.9. The standard InChI is InChI=1S/C15H23N3O.ClH/c1-15(2)6-4-8-17-13(15)11-18-14(19)9-12-5-3-7-16-10-12;/h3,5,7,10,13,17H,4,6,8-9,11H2,1-2H3,(H,18,19);1H. The molecular weight excluding hydrogens is 274 g/mol. The lowest BCUT2D eigenvalue weighted by Crippen LogP contribution is -2.52. The van der Waals surface area contributed by atoms with Crippen molar-refractivity contribution in [2.75, 3.05) is 13.1 Å². The van der Waals surface area contributed by atoms with Crippen molar-refractivity contribution in [2.24, 2.45) is 5.41 Å². The minimum Gasteiger partial charge on any atom is -0.354 e. The number of carbonyl (C=O) groups is 1. The number of amides is 1. The van der Waals surface area contributed by atoms with Gasteiger partial charge in [0.25, 0.3) is 0 Å². The molecule has 1 unspecified atom stereocenters. The van der Waals surface area contributed by atoms with E-state index in [4.69, 9.17) is 0 Å². The average Bonchev–Trinajstić information content (AvgIpc) is 2.38. The lowest BCUT2D eigenvalue weighted by Gasteiger charge is -2.39. The summed E-state index contributed by atoms with van der Waals surface area (Å²) in [6.45, 7) is 6.27. The van der Waals surface area contributed by atoms with Gasteiger partial charge in [-0.15, -0.1) is 12.4 Å². The van der Waals surface area contributed by atoms with E-state index >= 15 is 0 Å². The summed E-state index contributed by atoms with van der Waals surface area (Å²) in [6.07, 6.45) is 6.29. The van der Waals surface area contributed by atoms with Gasteiger partial charge < -0.3 is 10.6 Å². The molecule has 0 spiro atoms. The zero-order valence-electron chi connectivity index (χ0n) is 12.2. The molecule has 20 heavy (non-hydrogen) atoms. The molecule has 1 amide bonds. The van der Waals surface area contributed by atoms with Crippen molar-refractivity contribution >= 4 is 18.3 Å². The zero-order valence-corrected chi connectivity index (χ0v) is 13.0. The Morgan fingerprint density at radius 3 is 3.00 bits per heavy atom. The smallest absolute Gasteiger partial charge is 0.224 e. The van der Waals surface area contributed by atoms with E-state index < -0.39 is 0 Å². The Kier molecular flexibility index (Phi) is 6.43. The van der Waals surface area contributed by atoms with Gasteiger partial charge in [-0.25, -0.2) is 0 Å². The summed E-state index contributed by atoms with van der Waals surface area (Å²) in [5.41, 5.74) is 1.20. The van der Waals surface area contributed by atoms with Crippen LogP contribution in [0.1, 0.15) is 32.3 Å². The summed E-state index contributed by atoms with van der Waals surface area (Å²) >= 11 is 0.